The van der Waals surface area contributed by atoms with Gasteiger partial charge in [0.15, 0.2) is 0 Å². The zero-order valence-electron chi connectivity index (χ0n) is 18.9. The van der Waals surface area contributed by atoms with E-state index in [1.54, 1.807) is 31.0 Å². The molecule has 0 saturated heterocycles. The Morgan fingerprint density at radius 2 is 1.77 bits per heavy atom. The van der Waals surface area contributed by atoms with Crippen molar-refractivity contribution in [2.45, 2.75) is 26.4 Å². The van der Waals surface area contributed by atoms with E-state index in [2.05, 4.69) is 20.4 Å². The molecule has 5 rings (SSSR count). The molecule has 4 heterocycles. The monoisotopic (exact) mass is 472 g/mol. The van der Waals surface area contributed by atoms with Gasteiger partial charge in [0, 0.05) is 59.9 Å². The third kappa shape index (κ3) is 5.06. The molecule has 0 aliphatic rings. The van der Waals surface area contributed by atoms with Gasteiger partial charge in [0.1, 0.15) is 12.2 Å². The fourth-order valence-electron chi connectivity index (χ4n) is 3.68. The highest BCUT2D eigenvalue weighted by Crippen LogP contribution is 2.30. The van der Waals surface area contributed by atoms with Crippen LogP contribution in [0.4, 0.5) is 20.4 Å². The Balaban J connectivity index is 1.37. The Morgan fingerprint density at radius 1 is 0.914 bits per heavy atom. The summed E-state index contributed by atoms with van der Waals surface area (Å²) in [5, 5.41) is 11.9. The SMILES string of the molecule is CCn1cc(-c2ccnc(Nc3ccc(-c4cnn(CC(F)F)c4)cc3)n2)c(-c2cccnc2)n1. The van der Waals surface area contributed by atoms with Crippen LogP contribution in [0.3, 0.4) is 0 Å². The number of nitrogens with zero attached hydrogens (tertiary/aromatic N) is 7. The molecule has 0 amide bonds. The summed E-state index contributed by atoms with van der Waals surface area (Å²) in [4.78, 5) is 13.3. The number of hydrogen-bond acceptors (Lipinski definition) is 6. The Morgan fingerprint density at radius 3 is 2.51 bits per heavy atom. The second-order valence-corrected chi connectivity index (χ2v) is 7.80. The highest BCUT2D eigenvalue weighted by molar-refractivity contribution is 5.78. The van der Waals surface area contributed by atoms with Crippen LogP contribution in [0, 0.1) is 0 Å². The molecule has 176 valence electrons. The molecule has 8 nitrogen and oxygen atoms in total. The van der Waals surface area contributed by atoms with Gasteiger partial charge in [-0.15, -0.1) is 0 Å². The summed E-state index contributed by atoms with van der Waals surface area (Å²) in [7, 11) is 0. The molecule has 1 aromatic carbocycles. The minimum absolute atomic E-state index is 0.424. The number of aromatic nitrogens is 7. The van der Waals surface area contributed by atoms with E-state index in [0.717, 1.165) is 45.9 Å². The summed E-state index contributed by atoms with van der Waals surface area (Å²) in [6.45, 7) is 2.34. The number of hydrogen-bond donors (Lipinski definition) is 1. The Labute approximate surface area is 200 Å². The second kappa shape index (κ2) is 9.80. The third-order valence-electron chi connectivity index (χ3n) is 5.38. The minimum Gasteiger partial charge on any atom is -0.324 e. The molecule has 0 radical (unpaired) electrons. The average Bonchev–Trinajstić information content (AvgIpc) is 3.52. The van der Waals surface area contributed by atoms with E-state index >= 15 is 0 Å². The molecule has 35 heavy (non-hydrogen) atoms. The van der Waals surface area contributed by atoms with Crippen molar-refractivity contribution in [1.29, 1.82) is 0 Å². The van der Waals surface area contributed by atoms with Crippen molar-refractivity contribution in [1.82, 2.24) is 34.5 Å². The fourth-order valence-corrected chi connectivity index (χ4v) is 3.68. The van der Waals surface area contributed by atoms with Crippen molar-refractivity contribution in [3.8, 4) is 33.6 Å². The molecule has 0 unspecified atom stereocenters. The molecular formula is C25H22F2N8. The molecule has 10 heteroatoms. The highest BCUT2D eigenvalue weighted by atomic mass is 19.3. The van der Waals surface area contributed by atoms with Crippen molar-refractivity contribution in [3.05, 3.63) is 79.6 Å². The second-order valence-electron chi connectivity index (χ2n) is 7.80. The first-order valence-electron chi connectivity index (χ1n) is 11.1. The summed E-state index contributed by atoms with van der Waals surface area (Å²) in [6, 6.07) is 13.2. The van der Waals surface area contributed by atoms with Crippen molar-refractivity contribution in [2.24, 2.45) is 0 Å². The van der Waals surface area contributed by atoms with Gasteiger partial charge in [0.2, 0.25) is 5.95 Å². The van der Waals surface area contributed by atoms with Gasteiger partial charge in [-0.05, 0) is 42.8 Å². The van der Waals surface area contributed by atoms with Gasteiger partial charge >= 0.3 is 0 Å². The Hall–Kier alpha value is -4.47. The predicted molar refractivity (Wildman–Crippen MR) is 129 cm³/mol. The molecule has 0 atom stereocenters. The van der Waals surface area contributed by atoms with Crippen LogP contribution < -0.4 is 5.32 Å². The lowest BCUT2D eigenvalue weighted by Gasteiger charge is -2.07. The smallest absolute Gasteiger partial charge is 0.257 e. The summed E-state index contributed by atoms with van der Waals surface area (Å²) < 4.78 is 28.2. The first-order valence-corrected chi connectivity index (χ1v) is 11.1. The molecule has 0 bridgehead atoms. The number of nitrogens with one attached hydrogen (secondary N) is 1. The number of anilines is 2. The standard InChI is InChI=1S/C25H22F2N8/c1-2-34-15-21(24(33-34)18-4-3-10-28-12-18)22-9-11-29-25(32-22)31-20-7-5-17(6-8-20)19-13-30-35(14-19)16-23(26)27/h3-15,23H,2,16H2,1H3,(H,29,31,32). The first kappa shape index (κ1) is 22.3. The van der Waals surface area contributed by atoms with Crippen molar-refractivity contribution >= 4 is 11.6 Å². The number of pyridine rings is 1. The van der Waals surface area contributed by atoms with E-state index in [-0.39, 0.29) is 0 Å². The van der Waals surface area contributed by atoms with Crippen LogP contribution in [0.1, 0.15) is 6.92 Å². The van der Waals surface area contributed by atoms with E-state index in [9.17, 15) is 8.78 Å². The molecular weight excluding hydrogens is 450 g/mol. The van der Waals surface area contributed by atoms with Gasteiger partial charge in [-0.3, -0.25) is 14.3 Å². The van der Waals surface area contributed by atoms with Crippen LogP contribution in [-0.2, 0) is 13.1 Å². The van der Waals surface area contributed by atoms with Gasteiger partial charge in [-0.1, -0.05) is 12.1 Å². The van der Waals surface area contributed by atoms with Crippen molar-refractivity contribution in [2.75, 3.05) is 5.32 Å². The number of halogens is 2. The van der Waals surface area contributed by atoms with E-state index < -0.39 is 13.0 Å². The van der Waals surface area contributed by atoms with Crippen LogP contribution >= 0.6 is 0 Å². The zero-order chi connectivity index (χ0) is 24.2. The van der Waals surface area contributed by atoms with Gasteiger partial charge in [0.05, 0.1) is 11.9 Å². The van der Waals surface area contributed by atoms with Gasteiger partial charge in [0.25, 0.3) is 6.43 Å². The third-order valence-corrected chi connectivity index (χ3v) is 5.38. The van der Waals surface area contributed by atoms with Crippen LogP contribution in [0.2, 0.25) is 0 Å². The van der Waals surface area contributed by atoms with Gasteiger partial charge in [-0.2, -0.15) is 10.2 Å². The zero-order valence-corrected chi connectivity index (χ0v) is 18.9. The molecule has 1 N–H and O–H groups in total. The van der Waals surface area contributed by atoms with E-state index in [1.807, 2.05) is 60.3 Å². The number of benzene rings is 1. The highest BCUT2D eigenvalue weighted by Gasteiger charge is 2.15. The normalized spacial score (nSPS) is 11.2. The van der Waals surface area contributed by atoms with Gasteiger partial charge < -0.3 is 5.32 Å². The quantitative estimate of drug-likeness (QED) is 0.330. The summed E-state index contributed by atoms with van der Waals surface area (Å²) in [6.07, 6.45) is 7.93. The summed E-state index contributed by atoms with van der Waals surface area (Å²) >= 11 is 0. The van der Waals surface area contributed by atoms with Crippen LogP contribution in [0.5, 0.6) is 0 Å². The lowest BCUT2D eigenvalue weighted by molar-refractivity contribution is 0.122. The average molecular weight is 473 g/mol. The number of alkyl halides is 2. The number of rotatable bonds is 8. The van der Waals surface area contributed by atoms with Crippen LogP contribution in [-0.4, -0.2) is 40.9 Å². The topological polar surface area (TPSA) is 86.3 Å². The maximum absolute atomic E-state index is 12.6. The fraction of sp³-hybridized carbons (Fsp3) is 0.160. The van der Waals surface area contributed by atoms with Crippen LogP contribution in [0.15, 0.2) is 79.6 Å². The Kier molecular flexibility index (Phi) is 6.25. The van der Waals surface area contributed by atoms with E-state index in [4.69, 9.17) is 10.1 Å². The number of aryl methyl sites for hydroxylation is 1. The summed E-state index contributed by atoms with van der Waals surface area (Å²) in [5.41, 5.74) is 5.79. The van der Waals surface area contributed by atoms with E-state index in [1.165, 1.54) is 4.68 Å². The molecule has 5 aromatic rings. The van der Waals surface area contributed by atoms with E-state index in [0.29, 0.717) is 5.95 Å². The molecule has 4 aromatic heterocycles. The van der Waals surface area contributed by atoms with Crippen molar-refractivity contribution in [3.63, 3.8) is 0 Å². The first-order chi connectivity index (χ1) is 17.1. The lowest BCUT2D eigenvalue weighted by atomic mass is 10.1. The summed E-state index contributed by atoms with van der Waals surface area (Å²) in [5.74, 6) is 0.446. The van der Waals surface area contributed by atoms with Crippen molar-refractivity contribution < 1.29 is 8.78 Å². The van der Waals surface area contributed by atoms with Gasteiger partial charge in [-0.25, -0.2) is 18.7 Å². The predicted octanol–water partition coefficient (Wildman–Crippen LogP) is 5.29. The molecule has 0 fully saturated rings. The maximum Gasteiger partial charge on any atom is 0.257 e. The molecule has 0 aliphatic carbocycles. The molecule has 0 saturated carbocycles. The molecule has 0 spiro atoms. The lowest BCUT2D eigenvalue weighted by Crippen LogP contribution is -2.06. The molecule has 0 aliphatic heterocycles. The van der Waals surface area contributed by atoms with Crippen LogP contribution in [0.25, 0.3) is 33.6 Å². The minimum atomic E-state index is -2.44. The Bertz CT molecular complexity index is 1410. The maximum atomic E-state index is 12.6. The largest absolute Gasteiger partial charge is 0.324 e.